The molecule has 3 heterocycles. The summed E-state index contributed by atoms with van der Waals surface area (Å²) in [4.78, 5) is 17.8. The topological polar surface area (TPSA) is 68.5 Å². The molecule has 0 N–H and O–H groups in total. The summed E-state index contributed by atoms with van der Waals surface area (Å²) >= 11 is 3.15. The van der Waals surface area contributed by atoms with Crippen molar-refractivity contribution < 1.29 is 13.9 Å². The predicted molar refractivity (Wildman–Crippen MR) is 101 cm³/mol. The van der Waals surface area contributed by atoms with Crippen LogP contribution < -0.4 is 0 Å². The van der Waals surface area contributed by atoms with Crippen LogP contribution in [0.25, 0.3) is 10.8 Å². The molecule has 8 heteroatoms. The van der Waals surface area contributed by atoms with Crippen molar-refractivity contribution in [3.8, 4) is 10.8 Å². The number of carbonyl (C=O) groups excluding carboxylic acids is 1. The van der Waals surface area contributed by atoms with Crippen molar-refractivity contribution in [2.45, 2.75) is 25.8 Å². The smallest absolute Gasteiger partial charge is 0.264 e. The molecule has 3 aromatic heterocycles. The maximum Gasteiger partial charge on any atom is 0.264 e. The van der Waals surface area contributed by atoms with E-state index >= 15 is 0 Å². The fourth-order valence-corrected chi connectivity index (χ4v) is 4.89. The van der Waals surface area contributed by atoms with Gasteiger partial charge < -0.3 is 14.1 Å². The number of ether oxygens (including phenoxy) is 1. The van der Waals surface area contributed by atoms with Crippen molar-refractivity contribution in [3.05, 3.63) is 44.8 Å². The quantitative estimate of drug-likeness (QED) is 0.617. The summed E-state index contributed by atoms with van der Waals surface area (Å²) in [5, 5.41) is 10.2. The van der Waals surface area contributed by atoms with Crippen LogP contribution in [0, 0.1) is 0 Å². The van der Waals surface area contributed by atoms with Crippen molar-refractivity contribution in [3.63, 3.8) is 0 Å². The fraction of sp³-hybridized carbons (Fsp3) is 0.389. The Labute approximate surface area is 159 Å². The van der Waals surface area contributed by atoms with E-state index in [0.717, 1.165) is 22.6 Å². The summed E-state index contributed by atoms with van der Waals surface area (Å²) in [6.45, 7) is 1.22. The fourth-order valence-electron chi connectivity index (χ4n) is 3.02. The monoisotopic (exact) mass is 389 g/mol. The molecule has 6 nitrogen and oxygen atoms in total. The molecule has 0 atom stereocenters. The predicted octanol–water partition coefficient (Wildman–Crippen LogP) is 3.64. The number of aryl methyl sites for hydroxylation is 2. The van der Waals surface area contributed by atoms with Gasteiger partial charge >= 0.3 is 0 Å². The molecule has 0 fully saturated rings. The van der Waals surface area contributed by atoms with Crippen LogP contribution in [0.4, 0.5) is 0 Å². The second-order valence-electron chi connectivity index (χ2n) is 6.11. The summed E-state index contributed by atoms with van der Waals surface area (Å²) in [6.07, 6.45) is 3.35. The molecule has 0 aromatic carbocycles. The van der Waals surface area contributed by atoms with Crippen molar-refractivity contribution in [1.82, 2.24) is 15.1 Å². The first-order chi connectivity index (χ1) is 12.7. The molecule has 136 valence electrons. The van der Waals surface area contributed by atoms with Gasteiger partial charge in [-0.05, 0) is 42.3 Å². The highest BCUT2D eigenvalue weighted by molar-refractivity contribution is 7.14. The molecule has 4 rings (SSSR count). The van der Waals surface area contributed by atoms with Crippen LogP contribution in [0.15, 0.2) is 28.0 Å². The Morgan fingerprint density at radius 2 is 2.31 bits per heavy atom. The Morgan fingerprint density at radius 1 is 1.38 bits per heavy atom. The molecule has 1 aliphatic rings. The van der Waals surface area contributed by atoms with Crippen LogP contribution in [0.2, 0.25) is 0 Å². The van der Waals surface area contributed by atoms with Gasteiger partial charge in [-0.2, -0.15) is 0 Å². The van der Waals surface area contributed by atoms with Crippen LogP contribution in [-0.2, 0) is 24.1 Å². The molecule has 0 spiro atoms. The maximum absolute atomic E-state index is 13.0. The zero-order chi connectivity index (χ0) is 17.9. The van der Waals surface area contributed by atoms with Gasteiger partial charge in [-0.1, -0.05) is 6.07 Å². The van der Waals surface area contributed by atoms with E-state index in [1.165, 1.54) is 16.9 Å². The average Bonchev–Trinajstić information content (AvgIpc) is 3.41. The number of rotatable bonds is 7. The number of hydrogen-bond acceptors (Lipinski definition) is 7. The van der Waals surface area contributed by atoms with Crippen molar-refractivity contribution in [1.29, 1.82) is 0 Å². The van der Waals surface area contributed by atoms with Gasteiger partial charge in [0.05, 0.1) is 22.9 Å². The van der Waals surface area contributed by atoms with Crippen LogP contribution in [-0.4, -0.2) is 41.3 Å². The Kier molecular flexibility index (Phi) is 5.14. The normalized spacial score (nSPS) is 13.1. The maximum atomic E-state index is 13.0. The first-order valence-corrected chi connectivity index (χ1v) is 10.2. The molecule has 26 heavy (non-hydrogen) atoms. The van der Waals surface area contributed by atoms with E-state index in [4.69, 9.17) is 9.15 Å². The van der Waals surface area contributed by atoms with Crippen molar-refractivity contribution in [2.24, 2.45) is 0 Å². The molecule has 0 radical (unpaired) electrons. The van der Waals surface area contributed by atoms with Crippen LogP contribution in [0.1, 0.15) is 32.4 Å². The van der Waals surface area contributed by atoms with Crippen LogP contribution in [0.3, 0.4) is 0 Å². The van der Waals surface area contributed by atoms with E-state index in [0.29, 0.717) is 24.9 Å². The molecule has 3 aromatic rings. The largest absolute Gasteiger partial charge is 0.418 e. The number of amides is 1. The lowest BCUT2D eigenvalue weighted by Crippen LogP contribution is -2.33. The van der Waals surface area contributed by atoms with Gasteiger partial charge in [0.25, 0.3) is 11.8 Å². The Hall–Kier alpha value is -2.03. The molecule has 0 aliphatic heterocycles. The van der Waals surface area contributed by atoms with Gasteiger partial charge in [0.15, 0.2) is 0 Å². The standard InChI is InChI=1S/C18H19N3O3S2/c1-23-8-7-21(18(22)15-10-12-4-2-5-13(12)26-15)11-16-19-20-17(24-16)14-6-3-9-25-14/h3,6,9-10H,2,4-5,7-8,11H2,1H3. The minimum Gasteiger partial charge on any atom is -0.418 e. The molecule has 0 saturated carbocycles. The van der Waals surface area contributed by atoms with Gasteiger partial charge in [0, 0.05) is 18.5 Å². The second-order valence-corrected chi connectivity index (χ2v) is 8.19. The summed E-state index contributed by atoms with van der Waals surface area (Å²) in [5.74, 6) is 0.920. The minimum atomic E-state index is -0.00248. The van der Waals surface area contributed by atoms with Gasteiger partial charge in [-0.25, -0.2) is 0 Å². The second kappa shape index (κ2) is 7.69. The van der Waals surface area contributed by atoms with Crippen molar-refractivity contribution >= 4 is 28.6 Å². The summed E-state index contributed by atoms with van der Waals surface area (Å²) in [5.41, 5.74) is 1.32. The zero-order valence-corrected chi connectivity index (χ0v) is 16.1. The molecule has 1 aliphatic carbocycles. The van der Waals surface area contributed by atoms with E-state index in [-0.39, 0.29) is 12.5 Å². The number of thiophene rings is 2. The molecule has 0 saturated heterocycles. The van der Waals surface area contributed by atoms with Crippen LogP contribution >= 0.6 is 22.7 Å². The number of nitrogens with zero attached hydrogens (tertiary/aromatic N) is 3. The number of methoxy groups -OCH3 is 1. The average molecular weight is 390 g/mol. The lowest BCUT2D eigenvalue weighted by Gasteiger charge is -2.19. The summed E-state index contributed by atoms with van der Waals surface area (Å²) in [6, 6.07) is 5.91. The summed E-state index contributed by atoms with van der Waals surface area (Å²) in [7, 11) is 1.63. The zero-order valence-electron chi connectivity index (χ0n) is 14.4. The van der Waals surface area contributed by atoms with Gasteiger partial charge in [0.2, 0.25) is 5.89 Å². The van der Waals surface area contributed by atoms with Gasteiger partial charge in [0.1, 0.15) is 0 Å². The highest BCUT2D eigenvalue weighted by atomic mass is 32.1. The minimum absolute atomic E-state index is 0.00248. The van der Waals surface area contributed by atoms with E-state index in [1.54, 1.807) is 34.7 Å². The number of fused-ring (bicyclic) bond motifs is 1. The molecular weight excluding hydrogens is 370 g/mol. The van der Waals surface area contributed by atoms with E-state index in [2.05, 4.69) is 10.2 Å². The Morgan fingerprint density at radius 3 is 3.08 bits per heavy atom. The molecule has 0 bridgehead atoms. The molecular formula is C18H19N3O3S2. The Balaban J connectivity index is 1.51. The van der Waals surface area contributed by atoms with Gasteiger partial charge in [-0.3, -0.25) is 4.79 Å². The van der Waals surface area contributed by atoms with E-state index < -0.39 is 0 Å². The van der Waals surface area contributed by atoms with Gasteiger partial charge in [-0.15, -0.1) is 32.9 Å². The third kappa shape index (κ3) is 3.58. The molecule has 0 unspecified atom stereocenters. The first kappa shape index (κ1) is 17.4. The molecule has 1 amide bonds. The number of aromatic nitrogens is 2. The third-order valence-electron chi connectivity index (χ3n) is 4.33. The summed E-state index contributed by atoms with van der Waals surface area (Å²) < 4.78 is 10.9. The number of hydrogen-bond donors (Lipinski definition) is 0. The third-order valence-corrected chi connectivity index (χ3v) is 6.42. The van der Waals surface area contributed by atoms with E-state index in [1.807, 2.05) is 23.6 Å². The first-order valence-electron chi connectivity index (χ1n) is 8.50. The highest BCUT2D eigenvalue weighted by Crippen LogP contribution is 2.31. The Bertz CT molecular complexity index is 864. The number of carbonyl (C=O) groups is 1. The lowest BCUT2D eigenvalue weighted by atomic mass is 10.2. The lowest BCUT2D eigenvalue weighted by molar-refractivity contribution is 0.0668. The van der Waals surface area contributed by atoms with E-state index in [9.17, 15) is 4.79 Å². The van der Waals surface area contributed by atoms with Crippen molar-refractivity contribution in [2.75, 3.05) is 20.3 Å². The van der Waals surface area contributed by atoms with Crippen LogP contribution in [0.5, 0.6) is 0 Å². The highest BCUT2D eigenvalue weighted by Gasteiger charge is 2.24. The SMILES string of the molecule is COCCN(Cc1nnc(-c2cccs2)o1)C(=O)c1cc2c(s1)CCC2.